The quantitative estimate of drug-likeness (QED) is 0.764. The van der Waals surface area contributed by atoms with Gasteiger partial charge in [0, 0.05) is 6.42 Å². The van der Waals surface area contributed by atoms with E-state index in [1.807, 2.05) is 0 Å². The molecule has 0 saturated carbocycles. The number of hydrogen-bond donors (Lipinski definition) is 1. The first-order valence-electron chi connectivity index (χ1n) is 6.02. The Morgan fingerprint density at radius 3 is 2.57 bits per heavy atom. The molecule has 1 N–H and O–H groups in total. The Balaban J connectivity index is 2.19. The number of hydrogen-bond acceptors (Lipinski definition) is 6. The van der Waals surface area contributed by atoms with Crippen LogP contribution < -0.4 is 10.5 Å². The van der Waals surface area contributed by atoms with Crippen molar-refractivity contribution in [2.75, 3.05) is 12.9 Å². The van der Waals surface area contributed by atoms with Gasteiger partial charge in [0.2, 0.25) is 0 Å². The zero-order valence-corrected chi connectivity index (χ0v) is 12.0. The molecule has 0 aliphatic heterocycles. The Bertz CT molecular complexity index is 760. The lowest BCUT2D eigenvalue weighted by Gasteiger charge is -2.05. The highest BCUT2D eigenvalue weighted by Crippen LogP contribution is 2.12. The van der Waals surface area contributed by atoms with Gasteiger partial charge < -0.3 is 4.74 Å². The number of aryl methyl sites for hydroxylation is 1. The highest BCUT2D eigenvalue weighted by molar-refractivity contribution is 7.85. The van der Waals surface area contributed by atoms with E-state index in [0.717, 1.165) is 5.56 Å². The molecule has 0 amide bonds. The largest absolute Gasteiger partial charge is 0.497 e. The number of ether oxygens (including phenoxy) is 1. The van der Waals surface area contributed by atoms with Crippen molar-refractivity contribution in [3.8, 4) is 5.75 Å². The molecule has 0 bridgehead atoms. The number of nitrogens with zero attached hydrogens (tertiary/aromatic N) is 2. The second-order valence-corrected chi connectivity index (χ2v) is 5.91. The molecule has 21 heavy (non-hydrogen) atoms. The van der Waals surface area contributed by atoms with Crippen molar-refractivity contribution in [1.82, 2.24) is 9.72 Å². The van der Waals surface area contributed by atoms with E-state index in [-0.39, 0.29) is 18.8 Å². The second kappa shape index (κ2) is 6.10. The molecule has 0 radical (unpaired) electrons. The first kappa shape index (κ1) is 15.3. The minimum atomic E-state index is -4.13. The van der Waals surface area contributed by atoms with Gasteiger partial charge in [-0.15, -0.1) is 0 Å². The summed E-state index contributed by atoms with van der Waals surface area (Å²) in [5.41, 5.74) is 0.800. The predicted octanol–water partition coefficient (Wildman–Crippen LogP) is 0.323. The van der Waals surface area contributed by atoms with E-state index in [2.05, 4.69) is 9.68 Å². The lowest BCUT2D eigenvalue weighted by Crippen LogP contribution is -2.19. The van der Waals surface area contributed by atoms with Crippen LogP contribution in [0.5, 0.6) is 5.75 Å². The molecular weight excluding hydrogens is 300 g/mol. The Morgan fingerprint density at radius 1 is 1.33 bits per heavy atom. The third kappa shape index (κ3) is 4.17. The van der Waals surface area contributed by atoms with E-state index in [9.17, 15) is 13.2 Å². The summed E-state index contributed by atoms with van der Waals surface area (Å²) in [5.74, 6) is -0.366. The molecule has 0 fully saturated rings. The van der Waals surface area contributed by atoms with Crippen LogP contribution >= 0.6 is 0 Å². The molecule has 0 unspecified atom stereocenters. The van der Waals surface area contributed by atoms with Crippen molar-refractivity contribution in [2.45, 2.75) is 13.0 Å². The van der Waals surface area contributed by atoms with Crippen molar-refractivity contribution in [3.05, 3.63) is 46.2 Å². The minimum Gasteiger partial charge on any atom is -0.497 e. The molecular formula is C12H14N2O6S. The van der Waals surface area contributed by atoms with Gasteiger partial charge in [-0.05, 0) is 17.7 Å². The molecule has 1 aromatic carbocycles. The Kier molecular flexibility index (Phi) is 4.43. The van der Waals surface area contributed by atoms with Gasteiger partial charge in [-0.25, -0.2) is 4.79 Å². The monoisotopic (exact) mass is 314 g/mol. The maximum absolute atomic E-state index is 11.6. The standard InChI is InChI=1S/C12H14N2O6S/c1-19-10-4-2-9(3-5-10)8-14-11(13-20-12(14)15)6-7-21(16,17)18/h2-5H,6-8H2,1H3,(H,16,17,18). The predicted molar refractivity (Wildman–Crippen MR) is 73.0 cm³/mol. The number of aromatic nitrogens is 2. The smallest absolute Gasteiger partial charge is 0.441 e. The fourth-order valence-electron chi connectivity index (χ4n) is 1.77. The van der Waals surface area contributed by atoms with Crippen molar-refractivity contribution in [2.24, 2.45) is 0 Å². The zero-order chi connectivity index (χ0) is 15.5. The SMILES string of the molecule is COc1ccc(Cn2c(CCS(=O)(=O)O)noc2=O)cc1. The lowest BCUT2D eigenvalue weighted by molar-refractivity contribution is 0.374. The Labute approximate surface area is 120 Å². The molecule has 0 atom stereocenters. The van der Waals surface area contributed by atoms with Crippen LogP contribution in [0.2, 0.25) is 0 Å². The van der Waals surface area contributed by atoms with Crippen molar-refractivity contribution >= 4 is 10.1 Å². The fourth-order valence-corrected chi connectivity index (χ4v) is 2.21. The summed E-state index contributed by atoms with van der Waals surface area (Å²) in [6.07, 6.45) is -0.110. The summed E-state index contributed by atoms with van der Waals surface area (Å²) >= 11 is 0. The molecule has 9 heteroatoms. The second-order valence-electron chi connectivity index (χ2n) is 4.33. The highest BCUT2D eigenvalue weighted by atomic mass is 32.2. The van der Waals surface area contributed by atoms with Crippen molar-refractivity contribution in [3.63, 3.8) is 0 Å². The average Bonchev–Trinajstić information content (AvgIpc) is 2.78. The van der Waals surface area contributed by atoms with Crippen LogP contribution in [0, 0.1) is 0 Å². The van der Waals surface area contributed by atoms with Gasteiger partial charge in [0.15, 0.2) is 5.82 Å². The van der Waals surface area contributed by atoms with Gasteiger partial charge in [-0.2, -0.15) is 8.42 Å². The van der Waals surface area contributed by atoms with E-state index in [0.29, 0.717) is 5.75 Å². The highest BCUT2D eigenvalue weighted by Gasteiger charge is 2.14. The average molecular weight is 314 g/mol. The van der Waals surface area contributed by atoms with E-state index in [1.165, 1.54) is 4.57 Å². The Hall–Kier alpha value is -2.13. The molecule has 0 saturated heterocycles. The summed E-state index contributed by atoms with van der Waals surface area (Å²) in [6.45, 7) is 0.188. The summed E-state index contributed by atoms with van der Waals surface area (Å²) in [4.78, 5) is 11.6. The van der Waals surface area contributed by atoms with E-state index in [1.54, 1.807) is 31.4 Å². The van der Waals surface area contributed by atoms with Crippen LogP contribution in [0.15, 0.2) is 33.6 Å². The molecule has 114 valence electrons. The van der Waals surface area contributed by atoms with Gasteiger partial charge >= 0.3 is 5.76 Å². The molecule has 2 aromatic rings. The number of methoxy groups -OCH3 is 1. The lowest BCUT2D eigenvalue weighted by atomic mass is 10.2. The fraction of sp³-hybridized carbons (Fsp3) is 0.333. The van der Waals surface area contributed by atoms with Gasteiger partial charge in [-0.1, -0.05) is 17.3 Å². The van der Waals surface area contributed by atoms with Gasteiger partial charge in [0.05, 0.1) is 19.4 Å². The van der Waals surface area contributed by atoms with Crippen LogP contribution in [0.4, 0.5) is 0 Å². The minimum absolute atomic E-state index is 0.110. The summed E-state index contributed by atoms with van der Waals surface area (Å²) in [6, 6.07) is 7.02. The van der Waals surface area contributed by atoms with E-state index < -0.39 is 21.6 Å². The number of benzene rings is 1. The maximum Gasteiger partial charge on any atom is 0.441 e. The molecule has 0 aliphatic carbocycles. The molecule has 0 spiro atoms. The Morgan fingerprint density at radius 2 is 2.00 bits per heavy atom. The summed E-state index contributed by atoms with van der Waals surface area (Å²) < 4.78 is 41.0. The van der Waals surface area contributed by atoms with Gasteiger partial charge in [0.1, 0.15) is 5.75 Å². The first-order chi connectivity index (χ1) is 9.89. The normalized spacial score (nSPS) is 11.5. The van der Waals surface area contributed by atoms with Gasteiger partial charge in [-0.3, -0.25) is 13.6 Å². The molecule has 1 heterocycles. The maximum atomic E-state index is 11.6. The number of rotatable bonds is 6. The van der Waals surface area contributed by atoms with Crippen LogP contribution in [-0.2, 0) is 23.1 Å². The third-order valence-electron chi connectivity index (χ3n) is 2.84. The first-order valence-corrected chi connectivity index (χ1v) is 7.63. The van der Waals surface area contributed by atoms with Gasteiger partial charge in [0.25, 0.3) is 10.1 Å². The molecule has 8 nitrogen and oxygen atoms in total. The zero-order valence-electron chi connectivity index (χ0n) is 11.2. The third-order valence-corrected chi connectivity index (χ3v) is 3.56. The summed E-state index contributed by atoms with van der Waals surface area (Å²) in [5, 5.41) is 3.52. The van der Waals surface area contributed by atoms with Crippen LogP contribution in [0.3, 0.4) is 0 Å². The van der Waals surface area contributed by atoms with Crippen molar-refractivity contribution < 1.29 is 22.2 Å². The van der Waals surface area contributed by atoms with Crippen molar-refractivity contribution in [1.29, 1.82) is 0 Å². The topological polar surface area (TPSA) is 112 Å². The van der Waals surface area contributed by atoms with E-state index in [4.69, 9.17) is 9.29 Å². The van der Waals surface area contributed by atoms with Crippen LogP contribution in [-0.4, -0.2) is 35.6 Å². The van der Waals surface area contributed by atoms with Crippen LogP contribution in [0.25, 0.3) is 0 Å². The van der Waals surface area contributed by atoms with Crippen LogP contribution in [0.1, 0.15) is 11.4 Å². The van der Waals surface area contributed by atoms with E-state index >= 15 is 0 Å². The summed E-state index contributed by atoms with van der Waals surface area (Å²) in [7, 11) is -2.58. The molecule has 0 aliphatic rings. The molecule has 2 rings (SSSR count). The molecule has 1 aromatic heterocycles.